The second kappa shape index (κ2) is 13.0. The SMILES string of the molecule is CCNC(=NCc1ccccc1-n1ccnc1)NCCCCSC.I. The van der Waals surface area contributed by atoms with Crippen molar-refractivity contribution in [1.29, 1.82) is 0 Å². The van der Waals surface area contributed by atoms with Crippen molar-refractivity contribution in [3.05, 3.63) is 48.5 Å². The molecule has 1 aromatic heterocycles. The molecule has 0 aliphatic heterocycles. The molecule has 0 atom stereocenters. The van der Waals surface area contributed by atoms with Crippen LogP contribution in [-0.4, -0.2) is 40.6 Å². The van der Waals surface area contributed by atoms with E-state index in [0.717, 1.165) is 31.2 Å². The molecule has 25 heavy (non-hydrogen) atoms. The molecule has 0 radical (unpaired) electrons. The first-order valence-corrected chi connectivity index (χ1v) is 9.82. The molecule has 0 amide bonds. The fraction of sp³-hybridized carbons (Fsp3) is 0.444. The van der Waals surface area contributed by atoms with Gasteiger partial charge in [-0.1, -0.05) is 18.2 Å². The summed E-state index contributed by atoms with van der Waals surface area (Å²) >= 11 is 1.90. The molecule has 0 aliphatic carbocycles. The predicted octanol–water partition coefficient (Wildman–Crippen LogP) is 3.69. The van der Waals surface area contributed by atoms with Crippen LogP contribution in [0.15, 0.2) is 48.0 Å². The zero-order chi connectivity index (χ0) is 17.0. The number of hydrogen-bond acceptors (Lipinski definition) is 3. The molecule has 2 rings (SSSR count). The molecule has 0 saturated heterocycles. The van der Waals surface area contributed by atoms with Crippen LogP contribution in [0.5, 0.6) is 0 Å². The first-order valence-electron chi connectivity index (χ1n) is 8.42. The lowest BCUT2D eigenvalue weighted by Gasteiger charge is -2.12. The van der Waals surface area contributed by atoms with Crippen molar-refractivity contribution in [3.8, 4) is 5.69 Å². The highest BCUT2D eigenvalue weighted by Crippen LogP contribution is 2.15. The van der Waals surface area contributed by atoms with Crippen molar-refractivity contribution in [2.24, 2.45) is 4.99 Å². The Kier molecular flexibility index (Phi) is 11.4. The molecular weight excluding hydrogens is 445 g/mol. The molecule has 5 nitrogen and oxygen atoms in total. The standard InChI is InChI=1S/C18H27N5S.HI/c1-3-20-18(21-10-6-7-13-24-2)22-14-16-8-4-5-9-17(16)23-12-11-19-15-23;/h4-5,8-9,11-12,15H,3,6-7,10,13-14H2,1-2H3,(H2,20,21,22);1H. The highest BCUT2D eigenvalue weighted by molar-refractivity contribution is 14.0. The van der Waals surface area contributed by atoms with Gasteiger partial charge in [-0.3, -0.25) is 0 Å². The predicted molar refractivity (Wildman–Crippen MR) is 119 cm³/mol. The van der Waals surface area contributed by atoms with Gasteiger partial charge in [0.1, 0.15) is 0 Å². The minimum atomic E-state index is 0. The van der Waals surface area contributed by atoms with E-state index in [9.17, 15) is 0 Å². The Morgan fingerprint density at radius 2 is 2.08 bits per heavy atom. The number of rotatable bonds is 9. The summed E-state index contributed by atoms with van der Waals surface area (Å²) in [7, 11) is 0. The number of nitrogens with zero attached hydrogens (tertiary/aromatic N) is 3. The van der Waals surface area contributed by atoms with Gasteiger partial charge in [-0.2, -0.15) is 11.8 Å². The van der Waals surface area contributed by atoms with E-state index in [2.05, 4.69) is 40.9 Å². The number of thioether (sulfide) groups is 1. The molecule has 1 aromatic carbocycles. The molecule has 0 unspecified atom stereocenters. The normalized spacial score (nSPS) is 11.0. The second-order valence-corrected chi connectivity index (χ2v) is 6.41. The maximum atomic E-state index is 4.73. The molecule has 2 aromatic rings. The number of benzene rings is 1. The minimum Gasteiger partial charge on any atom is -0.357 e. The molecule has 0 aliphatic rings. The van der Waals surface area contributed by atoms with Crippen LogP contribution in [0.3, 0.4) is 0 Å². The second-order valence-electron chi connectivity index (χ2n) is 5.42. The van der Waals surface area contributed by atoms with Crippen LogP contribution < -0.4 is 10.6 Å². The van der Waals surface area contributed by atoms with Crippen LogP contribution in [0.2, 0.25) is 0 Å². The lowest BCUT2D eigenvalue weighted by molar-refractivity contribution is 0.734. The van der Waals surface area contributed by atoms with Crippen molar-refractivity contribution in [2.75, 3.05) is 25.1 Å². The van der Waals surface area contributed by atoms with Crippen molar-refractivity contribution in [3.63, 3.8) is 0 Å². The van der Waals surface area contributed by atoms with Gasteiger partial charge in [-0.25, -0.2) is 9.98 Å². The Balaban J connectivity index is 0.00000312. The smallest absolute Gasteiger partial charge is 0.191 e. The van der Waals surface area contributed by atoms with Gasteiger partial charge in [0.05, 0.1) is 18.6 Å². The Morgan fingerprint density at radius 3 is 2.80 bits per heavy atom. The summed E-state index contributed by atoms with van der Waals surface area (Å²) in [5.74, 6) is 2.09. The van der Waals surface area contributed by atoms with Crippen molar-refractivity contribution < 1.29 is 0 Å². The van der Waals surface area contributed by atoms with Crippen LogP contribution >= 0.6 is 35.7 Å². The largest absolute Gasteiger partial charge is 0.357 e. The summed E-state index contributed by atoms with van der Waals surface area (Å²) in [6.07, 6.45) is 10.1. The van der Waals surface area contributed by atoms with Crippen LogP contribution in [0.25, 0.3) is 5.69 Å². The molecule has 0 fully saturated rings. The lowest BCUT2D eigenvalue weighted by atomic mass is 10.2. The Bertz CT molecular complexity index is 616. The molecule has 1 heterocycles. The number of aliphatic imine (C=N–C) groups is 1. The Labute approximate surface area is 172 Å². The molecular formula is C18H28IN5S. The van der Waals surface area contributed by atoms with Gasteiger partial charge in [0.2, 0.25) is 0 Å². The summed E-state index contributed by atoms with van der Waals surface area (Å²) < 4.78 is 2.02. The average molecular weight is 473 g/mol. The maximum Gasteiger partial charge on any atom is 0.191 e. The Morgan fingerprint density at radius 1 is 1.24 bits per heavy atom. The Hall–Kier alpha value is -1.22. The van der Waals surface area contributed by atoms with E-state index in [4.69, 9.17) is 4.99 Å². The molecule has 2 N–H and O–H groups in total. The van der Waals surface area contributed by atoms with Crippen molar-refractivity contribution >= 4 is 41.7 Å². The summed E-state index contributed by atoms with van der Waals surface area (Å²) in [4.78, 5) is 8.86. The molecule has 0 bridgehead atoms. The number of guanidine groups is 1. The molecule has 0 saturated carbocycles. The number of halogens is 1. The van der Waals surface area contributed by atoms with Gasteiger partial charge >= 0.3 is 0 Å². The lowest BCUT2D eigenvalue weighted by Crippen LogP contribution is -2.37. The minimum absolute atomic E-state index is 0. The summed E-state index contributed by atoms with van der Waals surface area (Å²) in [5, 5.41) is 6.73. The van der Waals surface area contributed by atoms with Crippen LogP contribution in [0, 0.1) is 0 Å². The summed E-state index contributed by atoms with van der Waals surface area (Å²) in [5.41, 5.74) is 2.30. The van der Waals surface area contributed by atoms with Gasteiger partial charge in [0.25, 0.3) is 0 Å². The van der Waals surface area contributed by atoms with Gasteiger partial charge in [0.15, 0.2) is 5.96 Å². The highest BCUT2D eigenvalue weighted by Gasteiger charge is 2.04. The van der Waals surface area contributed by atoms with E-state index in [1.165, 1.54) is 17.7 Å². The quantitative estimate of drug-likeness (QED) is 0.253. The van der Waals surface area contributed by atoms with Gasteiger partial charge in [0, 0.05) is 25.5 Å². The molecule has 138 valence electrons. The van der Waals surface area contributed by atoms with E-state index in [1.54, 1.807) is 6.20 Å². The molecule has 0 spiro atoms. The van der Waals surface area contributed by atoms with Crippen LogP contribution in [0.1, 0.15) is 25.3 Å². The van der Waals surface area contributed by atoms with Crippen LogP contribution in [0.4, 0.5) is 0 Å². The summed E-state index contributed by atoms with van der Waals surface area (Å²) in [6, 6.07) is 8.29. The monoisotopic (exact) mass is 473 g/mol. The topological polar surface area (TPSA) is 54.2 Å². The number of para-hydroxylation sites is 1. The third-order valence-corrected chi connectivity index (χ3v) is 4.29. The van der Waals surface area contributed by atoms with E-state index < -0.39 is 0 Å². The number of hydrogen-bond donors (Lipinski definition) is 2. The third-order valence-electron chi connectivity index (χ3n) is 3.59. The zero-order valence-corrected chi connectivity index (χ0v) is 18.1. The number of unbranched alkanes of at least 4 members (excludes halogenated alkanes) is 1. The number of nitrogens with one attached hydrogen (secondary N) is 2. The number of imidazole rings is 1. The highest BCUT2D eigenvalue weighted by atomic mass is 127. The van der Waals surface area contributed by atoms with Gasteiger partial charge in [-0.05, 0) is 43.4 Å². The molecule has 7 heteroatoms. The average Bonchev–Trinajstić information content (AvgIpc) is 3.14. The third kappa shape index (κ3) is 7.68. The fourth-order valence-corrected chi connectivity index (χ4v) is 2.88. The van der Waals surface area contributed by atoms with Crippen LogP contribution in [-0.2, 0) is 6.54 Å². The van der Waals surface area contributed by atoms with Gasteiger partial charge in [-0.15, -0.1) is 24.0 Å². The zero-order valence-electron chi connectivity index (χ0n) is 14.9. The van der Waals surface area contributed by atoms with Gasteiger partial charge < -0.3 is 15.2 Å². The first kappa shape index (κ1) is 21.8. The van der Waals surface area contributed by atoms with Crippen molar-refractivity contribution in [2.45, 2.75) is 26.3 Å². The van der Waals surface area contributed by atoms with E-state index >= 15 is 0 Å². The van der Waals surface area contributed by atoms with Crippen molar-refractivity contribution in [1.82, 2.24) is 20.2 Å². The fourth-order valence-electron chi connectivity index (χ4n) is 2.38. The maximum absolute atomic E-state index is 4.73. The number of aromatic nitrogens is 2. The van der Waals surface area contributed by atoms with E-state index in [1.807, 2.05) is 41.0 Å². The van der Waals surface area contributed by atoms with E-state index in [-0.39, 0.29) is 24.0 Å². The van der Waals surface area contributed by atoms with E-state index in [0.29, 0.717) is 6.54 Å². The summed E-state index contributed by atoms with van der Waals surface area (Å²) in [6.45, 7) is 4.54. The first-order chi connectivity index (χ1) is 11.8.